The van der Waals surface area contributed by atoms with Crippen molar-refractivity contribution >= 4 is 49.2 Å². The Hall–Kier alpha value is -1.34. The molecule has 1 aromatic heterocycles. The van der Waals surface area contributed by atoms with Crippen molar-refractivity contribution in [2.75, 3.05) is 24.8 Å². The standard InChI is InChI=1S/C12H12Br2N4O/c1-15-11-10(19-2)12(17-6-16-11)18-9-5-7(13)3-4-8(9)14/h3-6H,1-2H3,(H2,15,16,17,18). The van der Waals surface area contributed by atoms with E-state index < -0.39 is 0 Å². The molecule has 1 heterocycles. The topological polar surface area (TPSA) is 59.1 Å². The second-order valence-electron chi connectivity index (χ2n) is 3.60. The van der Waals surface area contributed by atoms with Crippen molar-refractivity contribution < 1.29 is 4.74 Å². The lowest BCUT2D eigenvalue weighted by Crippen LogP contribution is -2.03. The minimum absolute atomic E-state index is 0.567. The van der Waals surface area contributed by atoms with Crippen molar-refractivity contribution in [3.05, 3.63) is 33.5 Å². The zero-order chi connectivity index (χ0) is 13.8. The van der Waals surface area contributed by atoms with Crippen LogP contribution in [0.1, 0.15) is 0 Å². The van der Waals surface area contributed by atoms with Gasteiger partial charge in [-0.1, -0.05) is 15.9 Å². The Labute approximate surface area is 128 Å². The Morgan fingerprint density at radius 3 is 2.58 bits per heavy atom. The van der Waals surface area contributed by atoms with Gasteiger partial charge in [0.2, 0.25) is 5.75 Å². The van der Waals surface area contributed by atoms with Gasteiger partial charge in [-0.3, -0.25) is 0 Å². The minimum atomic E-state index is 0.567. The molecule has 100 valence electrons. The van der Waals surface area contributed by atoms with Crippen LogP contribution in [0, 0.1) is 0 Å². The van der Waals surface area contributed by atoms with Crippen molar-refractivity contribution in [1.82, 2.24) is 9.97 Å². The number of ether oxygens (including phenoxy) is 1. The maximum atomic E-state index is 5.33. The molecule has 19 heavy (non-hydrogen) atoms. The summed E-state index contributed by atoms with van der Waals surface area (Å²) in [6, 6.07) is 5.84. The van der Waals surface area contributed by atoms with Crippen LogP contribution < -0.4 is 15.4 Å². The van der Waals surface area contributed by atoms with Gasteiger partial charge in [0.05, 0.1) is 12.8 Å². The summed E-state index contributed by atoms with van der Waals surface area (Å²) in [6.45, 7) is 0. The van der Waals surface area contributed by atoms with E-state index in [9.17, 15) is 0 Å². The summed E-state index contributed by atoms with van der Waals surface area (Å²) in [7, 11) is 3.37. The van der Waals surface area contributed by atoms with E-state index >= 15 is 0 Å². The number of halogens is 2. The van der Waals surface area contributed by atoms with E-state index in [1.165, 1.54) is 6.33 Å². The third kappa shape index (κ3) is 3.16. The van der Waals surface area contributed by atoms with Crippen LogP contribution in [0.25, 0.3) is 0 Å². The number of anilines is 3. The van der Waals surface area contributed by atoms with Gasteiger partial charge in [0.25, 0.3) is 0 Å². The van der Waals surface area contributed by atoms with Crippen LogP contribution in [-0.2, 0) is 0 Å². The van der Waals surface area contributed by atoms with E-state index in [-0.39, 0.29) is 0 Å². The predicted octanol–water partition coefficient (Wildman–Crippen LogP) is 3.80. The molecule has 2 rings (SSSR count). The van der Waals surface area contributed by atoms with E-state index in [4.69, 9.17) is 4.74 Å². The Bertz CT molecular complexity index is 592. The van der Waals surface area contributed by atoms with E-state index in [2.05, 4.69) is 52.5 Å². The molecule has 0 atom stereocenters. The summed E-state index contributed by atoms with van der Waals surface area (Å²) < 4.78 is 7.24. The van der Waals surface area contributed by atoms with E-state index in [0.29, 0.717) is 17.4 Å². The van der Waals surface area contributed by atoms with E-state index in [1.807, 2.05) is 18.2 Å². The fraction of sp³-hybridized carbons (Fsp3) is 0.167. The third-order valence-corrected chi connectivity index (χ3v) is 3.61. The van der Waals surface area contributed by atoms with Gasteiger partial charge in [0.1, 0.15) is 6.33 Å². The molecule has 0 aliphatic heterocycles. The quantitative estimate of drug-likeness (QED) is 0.835. The summed E-state index contributed by atoms with van der Waals surface area (Å²) in [4.78, 5) is 8.30. The average molecular weight is 388 g/mol. The van der Waals surface area contributed by atoms with Crippen LogP contribution in [0.5, 0.6) is 5.75 Å². The molecule has 5 nitrogen and oxygen atoms in total. The molecule has 0 aliphatic carbocycles. The molecule has 0 amide bonds. The molecule has 2 N–H and O–H groups in total. The summed E-state index contributed by atoms with van der Waals surface area (Å²) in [5.41, 5.74) is 0.883. The Kier molecular flexibility index (Phi) is 4.60. The normalized spacial score (nSPS) is 10.1. The first-order valence-corrected chi connectivity index (χ1v) is 7.03. The highest BCUT2D eigenvalue weighted by Gasteiger charge is 2.12. The number of methoxy groups -OCH3 is 1. The fourth-order valence-electron chi connectivity index (χ4n) is 1.56. The number of hydrogen-bond donors (Lipinski definition) is 2. The van der Waals surface area contributed by atoms with Gasteiger partial charge in [-0.2, -0.15) is 0 Å². The van der Waals surface area contributed by atoms with Gasteiger partial charge in [-0.05, 0) is 34.1 Å². The monoisotopic (exact) mass is 386 g/mol. The zero-order valence-corrected chi connectivity index (χ0v) is 13.5. The third-order valence-electron chi connectivity index (χ3n) is 2.43. The minimum Gasteiger partial charge on any atom is -0.490 e. The first kappa shape index (κ1) is 14.1. The lowest BCUT2D eigenvalue weighted by Gasteiger charge is -2.13. The van der Waals surface area contributed by atoms with Crippen molar-refractivity contribution in [3.63, 3.8) is 0 Å². The number of nitrogens with one attached hydrogen (secondary N) is 2. The second-order valence-corrected chi connectivity index (χ2v) is 5.37. The number of nitrogens with zero attached hydrogens (tertiary/aromatic N) is 2. The van der Waals surface area contributed by atoms with Gasteiger partial charge in [0.15, 0.2) is 11.6 Å². The molecule has 0 unspecified atom stereocenters. The van der Waals surface area contributed by atoms with Gasteiger partial charge in [0, 0.05) is 16.0 Å². The molecule has 1 aromatic carbocycles. The highest BCUT2D eigenvalue weighted by Crippen LogP contribution is 2.34. The van der Waals surface area contributed by atoms with Gasteiger partial charge < -0.3 is 15.4 Å². The maximum Gasteiger partial charge on any atom is 0.204 e. The molecule has 0 bridgehead atoms. The SMILES string of the molecule is CNc1ncnc(Nc2cc(Br)ccc2Br)c1OC. The van der Waals surface area contributed by atoms with E-state index in [1.54, 1.807) is 14.2 Å². The largest absolute Gasteiger partial charge is 0.490 e. The van der Waals surface area contributed by atoms with Crippen LogP contribution in [0.2, 0.25) is 0 Å². The summed E-state index contributed by atoms with van der Waals surface area (Å²) in [6.07, 6.45) is 1.47. The summed E-state index contributed by atoms with van der Waals surface area (Å²) in [5.74, 6) is 1.80. The Balaban J connectivity index is 2.40. The first-order chi connectivity index (χ1) is 9.15. The molecular formula is C12H12Br2N4O. The average Bonchev–Trinajstić information content (AvgIpc) is 2.42. The van der Waals surface area contributed by atoms with Crippen molar-refractivity contribution in [2.24, 2.45) is 0 Å². The van der Waals surface area contributed by atoms with Crippen molar-refractivity contribution in [2.45, 2.75) is 0 Å². The summed E-state index contributed by atoms with van der Waals surface area (Å²) >= 11 is 6.92. The number of benzene rings is 1. The fourth-order valence-corrected chi connectivity index (χ4v) is 2.26. The maximum absolute atomic E-state index is 5.33. The molecule has 0 fully saturated rings. The number of hydrogen-bond acceptors (Lipinski definition) is 5. The molecule has 0 saturated heterocycles. The number of rotatable bonds is 4. The van der Waals surface area contributed by atoms with Gasteiger partial charge >= 0.3 is 0 Å². The highest BCUT2D eigenvalue weighted by atomic mass is 79.9. The van der Waals surface area contributed by atoms with Crippen LogP contribution in [-0.4, -0.2) is 24.1 Å². The first-order valence-electron chi connectivity index (χ1n) is 5.44. The van der Waals surface area contributed by atoms with Crippen molar-refractivity contribution in [1.29, 1.82) is 0 Å². The van der Waals surface area contributed by atoms with Crippen LogP contribution in [0.4, 0.5) is 17.3 Å². The lowest BCUT2D eigenvalue weighted by atomic mass is 10.3. The summed E-state index contributed by atoms with van der Waals surface area (Å²) in [5, 5.41) is 6.18. The van der Waals surface area contributed by atoms with Crippen molar-refractivity contribution in [3.8, 4) is 5.75 Å². The Morgan fingerprint density at radius 1 is 1.16 bits per heavy atom. The van der Waals surface area contributed by atoms with Crippen LogP contribution in [0.15, 0.2) is 33.5 Å². The zero-order valence-electron chi connectivity index (χ0n) is 10.4. The Morgan fingerprint density at radius 2 is 1.89 bits per heavy atom. The molecular weight excluding hydrogens is 376 g/mol. The second kappa shape index (κ2) is 6.21. The number of aromatic nitrogens is 2. The molecule has 0 aliphatic rings. The van der Waals surface area contributed by atoms with Gasteiger partial charge in [-0.25, -0.2) is 9.97 Å². The molecule has 0 saturated carbocycles. The molecule has 2 aromatic rings. The lowest BCUT2D eigenvalue weighted by molar-refractivity contribution is 0.415. The highest BCUT2D eigenvalue weighted by molar-refractivity contribution is 9.11. The van der Waals surface area contributed by atoms with Gasteiger partial charge in [-0.15, -0.1) is 0 Å². The molecule has 7 heteroatoms. The molecule has 0 radical (unpaired) electrons. The van der Waals surface area contributed by atoms with Crippen LogP contribution in [0.3, 0.4) is 0 Å². The van der Waals surface area contributed by atoms with E-state index in [0.717, 1.165) is 14.6 Å². The smallest absolute Gasteiger partial charge is 0.204 e. The molecule has 0 spiro atoms. The van der Waals surface area contributed by atoms with Crippen LogP contribution >= 0.6 is 31.9 Å². The predicted molar refractivity (Wildman–Crippen MR) is 83.3 cm³/mol.